The standard InChI is InChI=1S/C16H19N5O.ClH/c17-15-6-3-12-9-20(10-14(12)15)16(22)11-1-4-13(5-2-11)21-8-7-18-19-21;/h1-2,4-5,7-8,12,14-15H,3,6,9-10,17H2;1H. The van der Waals surface area contributed by atoms with E-state index in [1.54, 1.807) is 17.1 Å². The summed E-state index contributed by atoms with van der Waals surface area (Å²) in [6.45, 7) is 1.65. The molecule has 3 atom stereocenters. The summed E-state index contributed by atoms with van der Waals surface area (Å²) < 4.78 is 1.67. The molecule has 1 amide bonds. The normalized spacial score (nSPS) is 26.0. The Morgan fingerprint density at radius 3 is 2.61 bits per heavy atom. The highest BCUT2D eigenvalue weighted by Gasteiger charge is 2.42. The number of fused-ring (bicyclic) bond motifs is 1. The molecule has 1 saturated carbocycles. The lowest BCUT2D eigenvalue weighted by Gasteiger charge is -2.19. The van der Waals surface area contributed by atoms with Crippen molar-refractivity contribution in [2.45, 2.75) is 18.9 Å². The summed E-state index contributed by atoms with van der Waals surface area (Å²) in [7, 11) is 0. The van der Waals surface area contributed by atoms with Crippen LogP contribution in [0.5, 0.6) is 0 Å². The zero-order chi connectivity index (χ0) is 15.1. The highest BCUT2D eigenvalue weighted by atomic mass is 35.5. The molecule has 1 aliphatic carbocycles. The van der Waals surface area contributed by atoms with E-state index in [1.807, 2.05) is 29.2 Å². The number of aromatic nitrogens is 3. The number of halogens is 1. The van der Waals surface area contributed by atoms with Crippen molar-refractivity contribution in [3.63, 3.8) is 0 Å². The Hall–Kier alpha value is -1.92. The van der Waals surface area contributed by atoms with Crippen molar-refractivity contribution in [1.82, 2.24) is 19.9 Å². The van der Waals surface area contributed by atoms with Gasteiger partial charge in [0.1, 0.15) is 0 Å². The lowest BCUT2D eigenvalue weighted by Crippen LogP contribution is -2.33. The fourth-order valence-electron chi connectivity index (χ4n) is 3.76. The van der Waals surface area contributed by atoms with Gasteiger partial charge in [0.15, 0.2) is 0 Å². The number of nitrogens with zero attached hydrogens (tertiary/aromatic N) is 4. The number of hydrogen-bond donors (Lipinski definition) is 1. The van der Waals surface area contributed by atoms with Gasteiger partial charge in [0.2, 0.25) is 0 Å². The third kappa shape index (κ3) is 2.84. The third-order valence-electron chi connectivity index (χ3n) is 5.00. The molecule has 122 valence electrons. The maximum Gasteiger partial charge on any atom is 0.253 e. The van der Waals surface area contributed by atoms with E-state index >= 15 is 0 Å². The maximum atomic E-state index is 12.6. The van der Waals surface area contributed by atoms with Gasteiger partial charge in [0.05, 0.1) is 18.1 Å². The second-order valence-corrected chi connectivity index (χ2v) is 6.27. The first-order valence-corrected chi connectivity index (χ1v) is 7.74. The largest absolute Gasteiger partial charge is 0.338 e. The van der Waals surface area contributed by atoms with Crippen molar-refractivity contribution < 1.29 is 4.79 Å². The molecule has 2 aromatic rings. The fourth-order valence-corrected chi connectivity index (χ4v) is 3.76. The summed E-state index contributed by atoms with van der Waals surface area (Å²) in [5.41, 5.74) is 7.76. The zero-order valence-electron chi connectivity index (χ0n) is 12.7. The number of benzene rings is 1. The predicted octanol–water partition coefficient (Wildman–Crippen LogP) is 1.50. The molecular weight excluding hydrogens is 314 g/mol. The lowest BCUT2D eigenvalue weighted by atomic mass is 9.98. The third-order valence-corrected chi connectivity index (χ3v) is 5.00. The summed E-state index contributed by atoms with van der Waals surface area (Å²) in [6, 6.07) is 7.76. The molecule has 6 nitrogen and oxygen atoms in total. The van der Waals surface area contributed by atoms with Crippen molar-refractivity contribution in [1.29, 1.82) is 0 Å². The number of nitrogens with two attached hydrogens (primary N) is 1. The molecule has 1 saturated heterocycles. The average molecular weight is 334 g/mol. The van der Waals surface area contributed by atoms with Gasteiger partial charge in [-0.15, -0.1) is 17.5 Å². The van der Waals surface area contributed by atoms with Crippen LogP contribution in [0.1, 0.15) is 23.2 Å². The van der Waals surface area contributed by atoms with Gasteiger partial charge in [-0.05, 0) is 48.9 Å². The minimum absolute atomic E-state index is 0. The predicted molar refractivity (Wildman–Crippen MR) is 88.7 cm³/mol. The molecule has 1 aliphatic heterocycles. The molecule has 2 fully saturated rings. The molecule has 7 heteroatoms. The summed E-state index contributed by atoms with van der Waals surface area (Å²) in [5, 5.41) is 7.73. The second kappa shape index (κ2) is 6.29. The highest BCUT2D eigenvalue weighted by molar-refractivity contribution is 5.94. The first kappa shape index (κ1) is 16.0. The molecule has 1 aromatic carbocycles. The van der Waals surface area contributed by atoms with Crippen LogP contribution in [-0.4, -0.2) is 44.9 Å². The molecule has 3 unspecified atom stereocenters. The fraction of sp³-hybridized carbons (Fsp3) is 0.438. The van der Waals surface area contributed by atoms with Gasteiger partial charge in [-0.1, -0.05) is 5.21 Å². The Labute approximate surface area is 141 Å². The van der Waals surface area contributed by atoms with E-state index in [2.05, 4.69) is 10.3 Å². The molecule has 2 heterocycles. The number of carbonyl (C=O) groups excluding carboxylic acids is 1. The Bertz CT molecular complexity index is 672. The van der Waals surface area contributed by atoms with Crippen LogP contribution in [0.3, 0.4) is 0 Å². The first-order valence-electron chi connectivity index (χ1n) is 7.74. The summed E-state index contributed by atoms with van der Waals surface area (Å²) in [6.07, 6.45) is 5.66. The quantitative estimate of drug-likeness (QED) is 0.903. The SMILES string of the molecule is Cl.NC1CCC2CN(C(=O)c3ccc(-n4ccnn4)cc3)CC12. The molecular formula is C16H20ClN5O. The van der Waals surface area contributed by atoms with Gasteiger partial charge in [0.25, 0.3) is 5.91 Å². The van der Waals surface area contributed by atoms with Gasteiger partial charge < -0.3 is 10.6 Å². The lowest BCUT2D eigenvalue weighted by molar-refractivity contribution is 0.0779. The summed E-state index contributed by atoms with van der Waals surface area (Å²) in [4.78, 5) is 14.6. The van der Waals surface area contributed by atoms with Crippen LogP contribution in [0.2, 0.25) is 0 Å². The highest BCUT2D eigenvalue weighted by Crippen LogP contribution is 2.37. The van der Waals surface area contributed by atoms with Crippen molar-refractivity contribution in [2.24, 2.45) is 17.6 Å². The van der Waals surface area contributed by atoms with Crippen molar-refractivity contribution >= 4 is 18.3 Å². The number of hydrogen-bond acceptors (Lipinski definition) is 4. The van der Waals surface area contributed by atoms with Crippen molar-refractivity contribution in [3.8, 4) is 5.69 Å². The van der Waals surface area contributed by atoms with Crippen LogP contribution >= 0.6 is 12.4 Å². The van der Waals surface area contributed by atoms with Crippen molar-refractivity contribution in [2.75, 3.05) is 13.1 Å². The Balaban J connectivity index is 0.00000156. The van der Waals surface area contributed by atoms with E-state index < -0.39 is 0 Å². The van der Waals surface area contributed by atoms with Crippen LogP contribution in [0.25, 0.3) is 5.69 Å². The van der Waals surface area contributed by atoms with E-state index in [9.17, 15) is 4.79 Å². The average Bonchev–Trinajstić information content (AvgIpc) is 3.26. The van der Waals surface area contributed by atoms with Gasteiger partial charge in [-0.25, -0.2) is 4.68 Å². The Morgan fingerprint density at radius 2 is 1.96 bits per heavy atom. The smallest absolute Gasteiger partial charge is 0.253 e. The molecule has 1 aromatic heterocycles. The second-order valence-electron chi connectivity index (χ2n) is 6.27. The monoisotopic (exact) mass is 333 g/mol. The van der Waals surface area contributed by atoms with E-state index in [1.165, 1.54) is 0 Å². The first-order chi connectivity index (χ1) is 10.7. The van der Waals surface area contributed by atoms with Crippen LogP contribution in [0, 0.1) is 11.8 Å². The zero-order valence-corrected chi connectivity index (χ0v) is 13.5. The van der Waals surface area contributed by atoms with Crippen LogP contribution in [-0.2, 0) is 0 Å². The van der Waals surface area contributed by atoms with Crippen LogP contribution < -0.4 is 5.73 Å². The van der Waals surface area contributed by atoms with Crippen LogP contribution in [0.4, 0.5) is 0 Å². The molecule has 2 aliphatic rings. The van der Waals surface area contributed by atoms with E-state index in [-0.39, 0.29) is 24.4 Å². The number of likely N-dealkylation sites (tertiary alicyclic amines) is 1. The van der Waals surface area contributed by atoms with E-state index in [4.69, 9.17) is 5.73 Å². The minimum Gasteiger partial charge on any atom is -0.338 e. The molecule has 0 bridgehead atoms. The van der Waals surface area contributed by atoms with Gasteiger partial charge in [0, 0.05) is 24.7 Å². The molecule has 0 spiro atoms. The van der Waals surface area contributed by atoms with Crippen LogP contribution in [0.15, 0.2) is 36.7 Å². The van der Waals surface area contributed by atoms with Gasteiger partial charge >= 0.3 is 0 Å². The van der Waals surface area contributed by atoms with E-state index in [0.717, 1.165) is 37.2 Å². The van der Waals surface area contributed by atoms with Crippen molar-refractivity contribution in [3.05, 3.63) is 42.2 Å². The summed E-state index contributed by atoms with van der Waals surface area (Å²) >= 11 is 0. The topological polar surface area (TPSA) is 77.0 Å². The molecule has 4 rings (SSSR count). The Morgan fingerprint density at radius 1 is 1.17 bits per heavy atom. The number of amides is 1. The van der Waals surface area contributed by atoms with Gasteiger partial charge in [-0.3, -0.25) is 4.79 Å². The molecule has 0 radical (unpaired) electrons. The van der Waals surface area contributed by atoms with Gasteiger partial charge in [-0.2, -0.15) is 0 Å². The Kier molecular flexibility index (Phi) is 4.37. The molecule has 2 N–H and O–H groups in total. The molecule has 23 heavy (non-hydrogen) atoms. The number of carbonyl (C=O) groups is 1. The summed E-state index contributed by atoms with van der Waals surface area (Å²) in [5.74, 6) is 1.18. The minimum atomic E-state index is 0. The van der Waals surface area contributed by atoms with E-state index in [0.29, 0.717) is 11.8 Å². The maximum absolute atomic E-state index is 12.6. The number of rotatable bonds is 2.